The van der Waals surface area contributed by atoms with Crippen LogP contribution in [0.3, 0.4) is 0 Å². The molecular formula is C32H27Cl. The average molecular weight is 447 g/mol. The first-order chi connectivity index (χ1) is 15.8. The van der Waals surface area contributed by atoms with Crippen molar-refractivity contribution < 1.29 is 0 Å². The van der Waals surface area contributed by atoms with Crippen molar-refractivity contribution in [2.75, 3.05) is 0 Å². The zero-order chi connectivity index (χ0) is 22.7. The molecule has 0 saturated heterocycles. The van der Waals surface area contributed by atoms with Gasteiger partial charge in [-0.3, -0.25) is 0 Å². The molecule has 33 heavy (non-hydrogen) atoms. The third-order valence-corrected chi connectivity index (χ3v) is 8.87. The molecule has 0 amide bonds. The van der Waals surface area contributed by atoms with Gasteiger partial charge in [-0.15, -0.1) is 0 Å². The molecule has 0 nitrogen and oxygen atoms in total. The van der Waals surface area contributed by atoms with Crippen LogP contribution in [0.4, 0.5) is 0 Å². The molecule has 0 bridgehead atoms. The molecule has 3 aliphatic carbocycles. The molecule has 3 aliphatic rings. The van der Waals surface area contributed by atoms with Crippen molar-refractivity contribution in [2.45, 2.75) is 51.4 Å². The van der Waals surface area contributed by atoms with E-state index in [1.165, 1.54) is 66.8 Å². The third kappa shape index (κ3) is 2.38. The topological polar surface area (TPSA) is 0 Å². The monoisotopic (exact) mass is 446 g/mol. The minimum Gasteiger partial charge on any atom is -0.0843 e. The summed E-state index contributed by atoms with van der Waals surface area (Å²) in [6.07, 6.45) is 2.25. The van der Waals surface area contributed by atoms with Crippen LogP contribution >= 0.6 is 11.6 Å². The van der Waals surface area contributed by atoms with Crippen molar-refractivity contribution in [1.29, 1.82) is 0 Å². The van der Waals surface area contributed by atoms with Crippen LogP contribution in [0, 0.1) is 0 Å². The summed E-state index contributed by atoms with van der Waals surface area (Å²) in [7, 11) is 0. The van der Waals surface area contributed by atoms with Crippen LogP contribution in [0.5, 0.6) is 0 Å². The highest BCUT2D eigenvalue weighted by molar-refractivity contribution is 6.30. The molecule has 0 saturated carbocycles. The average Bonchev–Trinajstić information content (AvgIpc) is 3.17. The third-order valence-electron chi connectivity index (χ3n) is 8.63. The van der Waals surface area contributed by atoms with Crippen LogP contribution in [0.25, 0.3) is 33.4 Å². The maximum Gasteiger partial charge on any atom is 0.0409 e. The molecule has 7 rings (SSSR count). The Balaban J connectivity index is 1.57. The largest absolute Gasteiger partial charge is 0.0843 e. The van der Waals surface area contributed by atoms with Gasteiger partial charge in [0.1, 0.15) is 0 Å². The molecule has 0 aliphatic heterocycles. The minimum atomic E-state index is -0.0652. The summed E-state index contributed by atoms with van der Waals surface area (Å²) in [6, 6.07) is 25.2. The second kappa shape index (κ2) is 6.19. The van der Waals surface area contributed by atoms with Crippen molar-refractivity contribution in [1.82, 2.24) is 0 Å². The lowest BCUT2D eigenvalue weighted by atomic mass is 9.78. The van der Waals surface area contributed by atoms with E-state index in [4.69, 9.17) is 11.6 Å². The van der Waals surface area contributed by atoms with Gasteiger partial charge in [0.05, 0.1) is 0 Å². The summed E-state index contributed by atoms with van der Waals surface area (Å²) in [4.78, 5) is 0. The zero-order valence-corrected chi connectivity index (χ0v) is 20.4. The van der Waals surface area contributed by atoms with Crippen LogP contribution in [0.1, 0.15) is 61.1 Å². The lowest BCUT2D eigenvalue weighted by Crippen LogP contribution is -2.17. The van der Waals surface area contributed by atoms with Gasteiger partial charge in [-0.05, 0) is 104 Å². The van der Waals surface area contributed by atoms with Crippen LogP contribution in [0.15, 0.2) is 66.7 Å². The van der Waals surface area contributed by atoms with Crippen molar-refractivity contribution in [3.63, 3.8) is 0 Å². The summed E-state index contributed by atoms with van der Waals surface area (Å²) in [5.74, 6) is 0. The fourth-order valence-corrected chi connectivity index (χ4v) is 7.01. The number of fused-ring (bicyclic) bond motifs is 10. The number of rotatable bonds is 0. The van der Waals surface area contributed by atoms with Gasteiger partial charge in [0.15, 0.2) is 0 Å². The highest BCUT2D eigenvalue weighted by Crippen LogP contribution is 2.58. The Kier molecular flexibility index (Phi) is 3.68. The number of hydrogen-bond donors (Lipinski definition) is 0. The Hall–Kier alpha value is -2.83. The Bertz CT molecular complexity index is 1520. The lowest BCUT2D eigenvalue weighted by molar-refractivity contribution is 0.652. The molecule has 0 aromatic heterocycles. The SMILES string of the molecule is CC1(C)c2cc(Cl)ccc2-c2cc3c(cc21)-c1c(ccc2c1-c1ccccc1CC2)C3(C)C. The Labute approximate surface area is 201 Å². The van der Waals surface area contributed by atoms with E-state index < -0.39 is 0 Å². The molecule has 0 atom stereocenters. The molecule has 162 valence electrons. The van der Waals surface area contributed by atoms with Crippen LogP contribution < -0.4 is 0 Å². The van der Waals surface area contributed by atoms with Gasteiger partial charge in [-0.25, -0.2) is 0 Å². The number of aryl methyl sites for hydroxylation is 2. The Morgan fingerprint density at radius 2 is 1.21 bits per heavy atom. The summed E-state index contributed by atoms with van der Waals surface area (Å²) in [5, 5.41) is 0.818. The van der Waals surface area contributed by atoms with Gasteiger partial charge < -0.3 is 0 Å². The smallest absolute Gasteiger partial charge is 0.0409 e. The highest BCUT2D eigenvalue weighted by atomic mass is 35.5. The van der Waals surface area contributed by atoms with Crippen LogP contribution in [0.2, 0.25) is 5.02 Å². The van der Waals surface area contributed by atoms with E-state index in [-0.39, 0.29) is 10.8 Å². The van der Waals surface area contributed by atoms with Gasteiger partial charge in [0, 0.05) is 15.9 Å². The van der Waals surface area contributed by atoms with E-state index >= 15 is 0 Å². The second-order valence-corrected chi connectivity index (χ2v) is 11.5. The van der Waals surface area contributed by atoms with E-state index in [1.807, 2.05) is 6.07 Å². The number of hydrogen-bond acceptors (Lipinski definition) is 0. The molecule has 0 heterocycles. The van der Waals surface area contributed by atoms with E-state index in [1.54, 1.807) is 0 Å². The fraction of sp³-hybridized carbons (Fsp3) is 0.250. The Morgan fingerprint density at radius 1 is 0.545 bits per heavy atom. The van der Waals surface area contributed by atoms with Gasteiger partial charge >= 0.3 is 0 Å². The molecule has 4 aromatic rings. The normalized spacial score (nSPS) is 17.5. The molecule has 0 N–H and O–H groups in total. The summed E-state index contributed by atoms with van der Waals surface area (Å²) < 4.78 is 0. The van der Waals surface area contributed by atoms with Gasteiger partial charge in [-0.2, -0.15) is 0 Å². The maximum absolute atomic E-state index is 6.43. The summed E-state index contributed by atoms with van der Waals surface area (Å²) in [5.41, 5.74) is 17.0. The minimum absolute atomic E-state index is 0.0273. The molecule has 4 aromatic carbocycles. The van der Waals surface area contributed by atoms with Gasteiger partial charge in [-0.1, -0.05) is 81.8 Å². The maximum atomic E-state index is 6.43. The lowest BCUT2D eigenvalue weighted by Gasteiger charge is -2.25. The van der Waals surface area contributed by atoms with Crippen molar-refractivity contribution in [2.24, 2.45) is 0 Å². The van der Waals surface area contributed by atoms with Gasteiger partial charge in [0.25, 0.3) is 0 Å². The van der Waals surface area contributed by atoms with Crippen LogP contribution in [-0.2, 0) is 23.7 Å². The zero-order valence-electron chi connectivity index (χ0n) is 19.6. The standard InChI is InChI=1S/C32H27Cl/c1-31(2)25-14-11-19-10-9-18-7-5-6-8-21(18)29(19)30(25)24-17-27-23(16-28(24)31)22-13-12-20(33)15-26(22)32(27,3)4/h5-8,11-17H,9-10H2,1-4H3. The van der Waals surface area contributed by atoms with Gasteiger partial charge in [0.2, 0.25) is 0 Å². The Morgan fingerprint density at radius 3 is 2.06 bits per heavy atom. The molecule has 0 spiro atoms. The van der Waals surface area contributed by atoms with E-state index in [0.717, 1.165) is 17.9 Å². The molecule has 0 radical (unpaired) electrons. The molecule has 0 unspecified atom stereocenters. The highest BCUT2D eigenvalue weighted by Gasteiger charge is 2.43. The van der Waals surface area contributed by atoms with Crippen LogP contribution in [-0.4, -0.2) is 0 Å². The first-order valence-corrected chi connectivity index (χ1v) is 12.4. The number of halogens is 1. The summed E-state index contributed by atoms with van der Waals surface area (Å²) >= 11 is 6.43. The van der Waals surface area contributed by atoms with Crippen molar-refractivity contribution in [3.8, 4) is 33.4 Å². The fourth-order valence-electron chi connectivity index (χ4n) is 6.84. The molecule has 1 heteroatoms. The van der Waals surface area contributed by atoms with E-state index in [9.17, 15) is 0 Å². The van der Waals surface area contributed by atoms with E-state index in [2.05, 4.69) is 88.4 Å². The van der Waals surface area contributed by atoms with Crippen molar-refractivity contribution in [3.05, 3.63) is 105 Å². The quantitative estimate of drug-likeness (QED) is 0.253. The first kappa shape index (κ1) is 19.6. The summed E-state index contributed by atoms with van der Waals surface area (Å²) in [6.45, 7) is 9.48. The number of benzene rings is 4. The molecule has 0 fully saturated rings. The van der Waals surface area contributed by atoms with E-state index in [0.29, 0.717) is 0 Å². The predicted octanol–water partition coefficient (Wildman–Crippen LogP) is 8.72. The second-order valence-electron chi connectivity index (χ2n) is 11.1. The van der Waals surface area contributed by atoms with Crippen molar-refractivity contribution >= 4 is 11.6 Å². The predicted molar refractivity (Wildman–Crippen MR) is 139 cm³/mol. The first-order valence-electron chi connectivity index (χ1n) is 12.0. The molecular weight excluding hydrogens is 420 g/mol.